The van der Waals surface area contributed by atoms with Crippen LogP contribution in [0.15, 0.2) is 10.5 Å². The van der Waals surface area contributed by atoms with Crippen molar-refractivity contribution < 1.29 is 13.9 Å². The number of rotatable bonds is 5. The van der Waals surface area contributed by atoms with Crippen molar-refractivity contribution in [1.82, 2.24) is 14.8 Å². The van der Waals surface area contributed by atoms with E-state index in [1.807, 2.05) is 20.8 Å². The van der Waals surface area contributed by atoms with Crippen molar-refractivity contribution in [3.8, 4) is 0 Å². The van der Waals surface area contributed by atoms with Crippen molar-refractivity contribution >= 4 is 5.97 Å². The van der Waals surface area contributed by atoms with Gasteiger partial charge in [0.05, 0.1) is 0 Å². The summed E-state index contributed by atoms with van der Waals surface area (Å²) in [5.41, 5.74) is 0.974. The standard InChI is InChI=1S/C15H19N3O3/c1-4-12-9(2)7-13(21-12)15(19)20-8-14-17-16-10(3)18(14)11-5-6-11/h7,11H,4-6,8H2,1-3H3. The van der Waals surface area contributed by atoms with E-state index in [2.05, 4.69) is 14.8 Å². The molecule has 21 heavy (non-hydrogen) atoms. The van der Waals surface area contributed by atoms with Gasteiger partial charge in [-0.05, 0) is 38.3 Å². The molecular weight excluding hydrogens is 270 g/mol. The molecule has 1 aliphatic rings. The Bertz CT molecular complexity index is 668. The molecule has 0 spiro atoms. The molecule has 6 nitrogen and oxygen atoms in total. The van der Waals surface area contributed by atoms with Crippen molar-refractivity contribution in [3.63, 3.8) is 0 Å². The highest BCUT2D eigenvalue weighted by atomic mass is 16.5. The molecule has 1 fully saturated rings. The summed E-state index contributed by atoms with van der Waals surface area (Å²) in [6, 6.07) is 2.18. The normalized spacial score (nSPS) is 14.4. The van der Waals surface area contributed by atoms with Crippen LogP contribution in [-0.4, -0.2) is 20.7 Å². The summed E-state index contributed by atoms with van der Waals surface area (Å²) in [7, 11) is 0. The van der Waals surface area contributed by atoms with Gasteiger partial charge in [0.1, 0.15) is 11.6 Å². The van der Waals surface area contributed by atoms with Crippen LogP contribution >= 0.6 is 0 Å². The van der Waals surface area contributed by atoms with Gasteiger partial charge in [0.15, 0.2) is 12.4 Å². The number of aromatic nitrogens is 3. The van der Waals surface area contributed by atoms with Gasteiger partial charge < -0.3 is 13.7 Å². The van der Waals surface area contributed by atoms with E-state index in [0.29, 0.717) is 11.9 Å². The van der Waals surface area contributed by atoms with Crippen LogP contribution in [0.3, 0.4) is 0 Å². The average molecular weight is 289 g/mol. The van der Waals surface area contributed by atoms with Gasteiger partial charge in [-0.25, -0.2) is 4.79 Å². The quantitative estimate of drug-likeness (QED) is 0.791. The fourth-order valence-electron chi connectivity index (χ4n) is 2.49. The van der Waals surface area contributed by atoms with Crippen LogP contribution in [-0.2, 0) is 17.8 Å². The number of furan rings is 1. The largest absolute Gasteiger partial charge is 0.454 e. The third-order valence-corrected chi connectivity index (χ3v) is 3.72. The number of ether oxygens (including phenoxy) is 1. The summed E-state index contributed by atoms with van der Waals surface area (Å²) in [6.07, 6.45) is 3.03. The monoisotopic (exact) mass is 289 g/mol. The Kier molecular flexibility index (Phi) is 3.53. The maximum atomic E-state index is 12.0. The third kappa shape index (κ3) is 2.70. The Morgan fingerprint density at radius 2 is 2.19 bits per heavy atom. The van der Waals surface area contributed by atoms with E-state index in [0.717, 1.165) is 36.4 Å². The second-order valence-corrected chi connectivity index (χ2v) is 5.41. The van der Waals surface area contributed by atoms with Crippen LogP contribution < -0.4 is 0 Å². The lowest BCUT2D eigenvalue weighted by Gasteiger charge is -2.06. The highest BCUT2D eigenvalue weighted by Gasteiger charge is 2.28. The molecule has 6 heteroatoms. The number of esters is 1. The average Bonchev–Trinajstić information content (AvgIpc) is 3.13. The van der Waals surface area contributed by atoms with Gasteiger partial charge in [0, 0.05) is 12.5 Å². The first-order valence-corrected chi connectivity index (χ1v) is 7.27. The zero-order valence-electron chi connectivity index (χ0n) is 12.5. The molecule has 112 valence electrons. The van der Waals surface area contributed by atoms with Gasteiger partial charge in [0.2, 0.25) is 5.76 Å². The molecule has 2 aromatic rings. The molecule has 0 saturated heterocycles. The summed E-state index contributed by atoms with van der Waals surface area (Å²) < 4.78 is 12.8. The number of carbonyl (C=O) groups is 1. The van der Waals surface area contributed by atoms with Crippen molar-refractivity contribution in [1.29, 1.82) is 0 Å². The molecule has 1 aliphatic carbocycles. The molecule has 0 radical (unpaired) electrons. The molecule has 1 saturated carbocycles. The van der Waals surface area contributed by atoms with E-state index in [9.17, 15) is 4.79 Å². The predicted octanol–water partition coefficient (Wildman–Crippen LogP) is 2.74. The molecule has 0 atom stereocenters. The molecule has 0 N–H and O–H groups in total. The third-order valence-electron chi connectivity index (χ3n) is 3.72. The fraction of sp³-hybridized carbons (Fsp3) is 0.533. The first-order valence-electron chi connectivity index (χ1n) is 7.27. The van der Waals surface area contributed by atoms with Crippen LogP contribution in [0.25, 0.3) is 0 Å². The minimum absolute atomic E-state index is 0.122. The molecule has 3 rings (SSSR count). The Balaban J connectivity index is 1.68. The molecular formula is C15H19N3O3. The zero-order valence-corrected chi connectivity index (χ0v) is 12.5. The summed E-state index contributed by atoms with van der Waals surface area (Å²) in [5, 5.41) is 8.14. The Hall–Kier alpha value is -2.11. The number of carbonyl (C=O) groups excluding carboxylic acids is 1. The van der Waals surface area contributed by atoms with E-state index in [1.165, 1.54) is 0 Å². The topological polar surface area (TPSA) is 70.2 Å². The van der Waals surface area contributed by atoms with Crippen LogP contribution in [0.1, 0.15) is 59.3 Å². The lowest BCUT2D eigenvalue weighted by molar-refractivity contribution is 0.0419. The number of aryl methyl sites for hydroxylation is 3. The van der Waals surface area contributed by atoms with Crippen molar-refractivity contribution in [2.75, 3.05) is 0 Å². The molecule has 0 aromatic carbocycles. The van der Waals surface area contributed by atoms with Crippen molar-refractivity contribution in [2.45, 2.75) is 52.7 Å². The second kappa shape index (κ2) is 5.35. The number of nitrogens with zero attached hydrogens (tertiary/aromatic N) is 3. The van der Waals surface area contributed by atoms with E-state index < -0.39 is 5.97 Å². The Morgan fingerprint density at radius 3 is 2.81 bits per heavy atom. The Labute approximate surface area is 123 Å². The molecule has 0 unspecified atom stereocenters. The van der Waals surface area contributed by atoms with Gasteiger partial charge in [-0.1, -0.05) is 6.92 Å². The van der Waals surface area contributed by atoms with E-state index in [-0.39, 0.29) is 12.4 Å². The SMILES string of the molecule is CCc1oc(C(=O)OCc2nnc(C)n2C2CC2)cc1C. The smallest absolute Gasteiger partial charge is 0.374 e. The van der Waals surface area contributed by atoms with Gasteiger partial charge >= 0.3 is 5.97 Å². The zero-order chi connectivity index (χ0) is 15.0. The highest BCUT2D eigenvalue weighted by Crippen LogP contribution is 2.36. The van der Waals surface area contributed by atoms with Gasteiger partial charge in [0.25, 0.3) is 0 Å². The minimum Gasteiger partial charge on any atom is -0.454 e. The van der Waals surface area contributed by atoms with Crippen LogP contribution in [0, 0.1) is 13.8 Å². The minimum atomic E-state index is -0.458. The number of hydrogen-bond acceptors (Lipinski definition) is 5. The summed E-state index contributed by atoms with van der Waals surface area (Å²) in [5.74, 6) is 2.17. The van der Waals surface area contributed by atoms with Gasteiger partial charge in [-0.2, -0.15) is 0 Å². The second-order valence-electron chi connectivity index (χ2n) is 5.41. The maximum absolute atomic E-state index is 12.0. The van der Waals surface area contributed by atoms with Gasteiger partial charge in [-0.15, -0.1) is 10.2 Å². The predicted molar refractivity (Wildman–Crippen MR) is 75.0 cm³/mol. The van der Waals surface area contributed by atoms with E-state index in [4.69, 9.17) is 9.15 Å². The maximum Gasteiger partial charge on any atom is 0.374 e. The van der Waals surface area contributed by atoms with Crippen molar-refractivity contribution in [2.24, 2.45) is 0 Å². The summed E-state index contributed by atoms with van der Waals surface area (Å²) in [4.78, 5) is 12.0. The van der Waals surface area contributed by atoms with Crippen LogP contribution in [0.2, 0.25) is 0 Å². The first kappa shape index (κ1) is 13.9. The molecule has 0 amide bonds. The summed E-state index contributed by atoms with van der Waals surface area (Å²) >= 11 is 0. The van der Waals surface area contributed by atoms with E-state index >= 15 is 0 Å². The molecule has 0 bridgehead atoms. The molecule has 2 aromatic heterocycles. The van der Waals surface area contributed by atoms with Crippen LogP contribution in [0.4, 0.5) is 0 Å². The van der Waals surface area contributed by atoms with Crippen molar-refractivity contribution in [3.05, 3.63) is 34.8 Å². The van der Waals surface area contributed by atoms with Crippen LogP contribution in [0.5, 0.6) is 0 Å². The Morgan fingerprint density at radius 1 is 1.43 bits per heavy atom. The van der Waals surface area contributed by atoms with E-state index in [1.54, 1.807) is 6.07 Å². The highest BCUT2D eigenvalue weighted by molar-refractivity contribution is 5.86. The first-order chi connectivity index (χ1) is 10.1. The summed E-state index contributed by atoms with van der Waals surface area (Å²) in [6.45, 7) is 5.95. The van der Waals surface area contributed by atoms with Gasteiger partial charge in [-0.3, -0.25) is 0 Å². The molecule has 0 aliphatic heterocycles. The lowest BCUT2D eigenvalue weighted by atomic mass is 10.2. The molecule has 2 heterocycles. The fourth-order valence-corrected chi connectivity index (χ4v) is 2.49. The number of hydrogen-bond donors (Lipinski definition) is 0. The lowest BCUT2D eigenvalue weighted by Crippen LogP contribution is -2.09.